The largest absolute Gasteiger partial charge is 0.480 e. The number of hydrogen-bond acceptors (Lipinski definition) is 8. The lowest BCUT2D eigenvalue weighted by Gasteiger charge is -2.25. The summed E-state index contributed by atoms with van der Waals surface area (Å²) >= 11 is 2.93. The van der Waals surface area contributed by atoms with Crippen molar-refractivity contribution in [2.75, 3.05) is 24.0 Å². The van der Waals surface area contributed by atoms with E-state index in [1.54, 1.807) is 24.3 Å². The Labute approximate surface area is 225 Å². The summed E-state index contributed by atoms with van der Waals surface area (Å²) in [7, 11) is 0. The number of nitrogens with one attached hydrogen (secondary N) is 3. The van der Waals surface area contributed by atoms with Gasteiger partial charge in [-0.2, -0.15) is 23.5 Å². The molecular formula is C24H37N5O6S2. The standard InChI is InChI=1S/C24H37N5O6S2/c1-36-12-10-17(27-21(31)16(25)8-9-20(26)30)22(32)29-19(14-15-6-4-3-5-7-15)23(33)28-18(24(34)35)11-13-37-2/h3-7,16-19H,8-14,25H2,1-2H3,(H2,26,30)(H,27,31)(H,28,33)(H,29,32)(H,34,35). The van der Waals surface area contributed by atoms with Crippen LogP contribution in [-0.4, -0.2) is 82.9 Å². The number of thioether (sulfide) groups is 2. The SMILES string of the molecule is CSCCC(NC(=O)C(Cc1ccccc1)NC(=O)C(CCSC)NC(=O)C(N)CCC(N)=O)C(=O)O. The number of carbonyl (C=O) groups is 5. The second kappa shape index (κ2) is 17.6. The third-order valence-corrected chi connectivity index (χ3v) is 6.71. The van der Waals surface area contributed by atoms with Crippen molar-refractivity contribution in [2.45, 2.75) is 56.3 Å². The summed E-state index contributed by atoms with van der Waals surface area (Å²) in [5.74, 6) is -2.54. The molecule has 1 rings (SSSR count). The molecule has 11 nitrogen and oxygen atoms in total. The highest BCUT2D eigenvalue weighted by Gasteiger charge is 2.30. The number of aliphatic carboxylic acids is 1. The monoisotopic (exact) mass is 555 g/mol. The zero-order valence-electron chi connectivity index (χ0n) is 21.1. The van der Waals surface area contributed by atoms with E-state index in [1.807, 2.05) is 18.6 Å². The van der Waals surface area contributed by atoms with Gasteiger partial charge < -0.3 is 32.5 Å². The normalized spacial score (nSPS) is 14.0. The van der Waals surface area contributed by atoms with E-state index in [4.69, 9.17) is 11.5 Å². The molecule has 0 aliphatic carbocycles. The highest BCUT2D eigenvalue weighted by molar-refractivity contribution is 7.98. The first-order chi connectivity index (χ1) is 17.6. The minimum absolute atomic E-state index is 0.0314. The molecule has 0 saturated carbocycles. The van der Waals surface area contributed by atoms with Gasteiger partial charge in [-0.25, -0.2) is 4.79 Å². The summed E-state index contributed by atoms with van der Waals surface area (Å²) in [5.41, 5.74) is 11.7. The Morgan fingerprint density at radius 2 is 1.32 bits per heavy atom. The van der Waals surface area contributed by atoms with Gasteiger partial charge in [-0.15, -0.1) is 0 Å². The molecule has 0 saturated heterocycles. The van der Waals surface area contributed by atoms with Crippen LogP contribution in [0.25, 0.3) is 0 Å². The average Bonchev–Trinajstić information content (AvgIpc) is 2.87. The van der Waals surface area contributed by atoms with Crippen molar-refractivity contribution in [3.05, 3.63) is 35.9 Å². The van der Waals surface area contributed by atoms with Gasteiger partial charge in [-0.1, -0.05) is 30.3 Å². The topological polar surface area (TPSA) is 194 Å². The number of primary amides is 1. The van der Waals surface area contributed by atoms with Gasteiger partial charge in [0.05, 0.1) is 6.04 Å². The lowest BCUT2D eigenvalue weighted by Crippen LogP contribution is -2.57. The number of benzene rings is 1. The molecule has 1 aromatic rings. The number of amides is 4. The van der Waals surface area contributed by atoms with Crippen molar-refractivity contribution in [3.63, 3.8) is 0 Å². The Morgan fingerprint density at radius 1 is 0.811 bits per heavy atom. The van der Waals surface area contributed by atoms with Gasteiger partial charge in [-0.05, 0) is 48.8 Å². The average molecular weight is 556 g/mol. The van der Waals surface area contributed by atoms with Gasteiger partial charge in [0, 0.05) is 12.8 Å². The maximum atomic E-state index is 13.2. The van der Waals surface area contributed by atoms with E-state index in [0.717, 1.165) is 5.56 Å². The minimum atomic E-state index is -1.16. The summed E-state index contributed by atoms with van der Waals surface area (Å²) in [6.45, 7) is 0. The first kappa shape index (κ1) is 32.3. The van der Waals surface area contributed by atoms with Gasteiger partial charge in [0.1, 0.15) is 18.1 Å². The van der Waals surface area contributed by atoms with E-state index < -0.39 is 53.8 Å². The Kier molecular flexibility index (Phi) is 15.4. The number of rotatable bonds is 18. The maximum absolute atomic E-state index is 13.2. The Morgan fingerprint density at radius 3 is 1.86 bits per heavy atom. The lowest BCUT2D eigenvalue weighted by molar-refractivity contribution is -0.142. The number of carbonyl (C=O) groups excluding carboxylic acids is 4. The fourth-order valence-electron chi connectivity index (χ4n) is 3.31. The van der Waals surface area contributed by atoms with Gasteiger partial charge in [-0.3, -0.25) is 19.2 Å². The van der Waals surface area contributed by atoms with Crippen LogP contribution in [-0.2, 0) is 30.4 Å². The third kappa shape index (κ3) is 12.8. The smallest absolute Gasteiger partial charge is 0.326 e. The van der Waals surface area contributed by atoms with E-state index in [-0.39, 0.29) is 32.1 Å². The van der Waals surface area contributed by atoms with E-state index in [0.29, 0.717) is 11.5 Å². The van der Waals surface area contributed by atoms with Crippen molar-refractivity contribution in [1.29, 1.82) is 0 Å². The number of carboxylic acids is 1. The predicted molar refractivity (Wildman–Crippen MR) is 146 cm³/mol. The van der Waals surface area contributed by atoms with Crippen LogP contribution in [0.1, 0.15) is 31.2 Å². The summed E-state index contributed by atoms with van der Waals surface area (Å²) in [6.07, 6.45) is 4.26. The molecule has 0 radical (unpaired) electrons. The van der Waals surface area contributed by atoms with Crippen LogP contribution in [0.2, 0.25) is 0 Å². The Hall–Kier alpha value is -2.77. The van der Waals surface area contributed by atoms with Crippen LogP contribution < -0.4 is 27.4 Å². The Bertz CT molecular complexity index is 905. The molecule has 0 aliphatic rings. The molecular weight excluding hydrogens is 518 g/mol. The summed E-state index contributed by atoms with van der Waals surface area (Å²) in [6, 6.07) is 4.77. The van der Waals surface area contributed by atoms with Crippen molar-refractivity contribution in [3.8, 4) is 0 Å². The van der Waals surface area contributed by atoms with Crippen LogP contribution in [0.15, 0.2) is 30.3 Å². The van der Waals surface area contributed by atoms with Crippen molar-refractivity contribution in [1.82, 2.24) is 16.0 Å². The second-order valence-corrected chi connectivity index (χ2v) is 10.4. The predicted octanol–water partition coefficient (Wildman–Crippen LogP) is -0.133. The van der Waals surface area contributed by atoms with Crippen molar-refractivity contribution < 1.29 is 29.1 Å². The third-order valence-electron chi connectivity index (χ3n) is 5.42. The van der Waals surface area contributed by atoms with Crippen LogP contribution in [0.4, 0.5) is 0 Å². The van der Waals surface area contributed by atoms with E-state index in [1.165, 1.54) is 23.5 Å². The number of hydrogen-bond donors (Lipinski definition) is 6. The summed E-state index contributed by atoms with van der Waals surface area (Å²) < 4.78 is 0. The van der Waals surface area contributed by atoms with Crippen LogP contribution in [0.3, 0.4) is 0 Å². The molecule has 8 N–H and O–H groups in total. The van der Waals surface area contributed by atoms with Gasteiger partial charge in [0.2, 0.25) is 23.6 Å². The summed E-state index contributed by atoms with van der Waals surface area (Å²) in [4.78, 5) is 61.5. The van der Waals surface area contributed by atoms with Gasteiger partial charge in [0.25, 0.3) is 0 Å². The second-order valence-electron chi connectivity index (χ2n) is 8.39. The molecule has 0 spiro atoms. The molecule has 0 aliphatic heterocycles. The first-order valence-electron chi connectivity index (χ1n) is 11.8. The molecule has 4 amide bonds. The van der Waals surface area contributed by atoms with E-state index >= 15 is 0 Å². The number of nitrogens with two attached hydrogens (primary N) is 2. The zero-order valence-corrected chi connectivity index (χ0v) is 22.7. The van der Waals surface area contributed by atoms with E-state index in [9.17, 15) is 29.1 Å². The molecule has 4 atom stereocenters. The van der Waals surface area contributed by atoms with E-state index in [2.05, 4.69) is 16.0 Å². The van der Waals surface area contributed by atoms with Crippen molar-refractivity contribution >= 4 is 53.1 Å². The molecule has 0 heterocycles. The van der Waals surface area contributed by atoms with Crippen LogP contribution in [0.5, 0.6) is 0 Å². The lowest BCUT2D eigenvalue weighted by atomic mass is 10.0. The maximum Gasteiger partial charge on any atom is 0.326 e. The summed E-state index contributed by atoms with van der Waals surface area (Å²) in [5, 5.41) is 17.3. The van der Waals surface area contributed by atoms with Crippen molar-refractivity contribution in [2.24, 2.45) is 11.5 Å². The molecule has 0 bridgehead atoms. The molecule has 1 aromatic carbocycles. The van der Waals surface area contributed by atoms with Crippen LogP contribution >= 0.6 is 23.5 Å². The fraction of sp³-hybridized carbons (Fsp3) is 0.542. The quantitative estimate of drug-likeness (QED) is 0.143. The number of carboxylic acid groups (broad SMARTS) is 1. The molecule has 13 heteroatoms. The Balaban J connectivity index is 3.05. The highest BCUT2D eigenvalue weighted by atomic mass is 32.2. The van der Waals surface area contributed by atoms with Gasteiger partial charge in [0.15, 0.2) is 0 Å². The minimum Gasteiger partial charge on any atom is -0.480 e. The fourth-order valence-corrected chi connectivity index (χ4v) is 4.25. The highest BCUT2D eigenvalue weighted by Crippen LogP contribution is 2.08. The van der Waals surface area contributed by atoms with Gasteiger partial charge >= 0.3 is 5.97 Å². The first-order valence-corrected chi connectivity index (χ1v) is 14.6. The van der Waals surface area contributed by atoms with Crippen LogP contribution in [0, 0.1) is 0 Å². The zero-order chi connectivity index (χ0) is 27.8. The molecule has 0 aromatic heterocycles. The molecule has 206 valence electrons. The molecule has 37 heavy (non-hydrogen) atoms. The molecule has 0 fully saturated rings. The molecule has 4 unspecified atom stereocenters.